The fourth-order valence-electron chi connectivity index (χ4n) is 2.52. The molecule has 3 nitrogen and oxygen atoms in total. The van der Waals surface area contributed by atoms with Crippen LogP contribution >= 0.6 is 0 Å². The standard InChI is InChI=1S/C14H21NO2/c1-17-14-7-3-2-6-13(14)10-15-8-4-5-12(9-15)11-16/h2-3,6-7,12,16H,4-5,8-11H2,1H3. The molecule has 2 rings (SSSR count). The summed E-state index contributed by atoms with van der Waals surface area (Å²) in [5.74, 6) is 1.40. The van der Waals surface area contributed by atoms with Crippen molar-refractivity contribution in [1.82, 2.24) is 4.90 Å². The summed E-state index contributed by atoms with van der Waals surface area (Å²) in [5.41, 5.74) is 1.23. The van der Waals surface area contributed by atoms with E-state index in [1.54, 1.807) is 7.11 Å². The number of hydrogen-bond acceptors (Lipinski definition) is 3. The molecule has 94 valence electrons. The smallest absolute Gasteiger partial charge is 0.123 e. The van der Waals surface area contributed by atoms with Gasteiger partial charge in [0.15, 0.2) is 0 Å². The van der Waals surface area contributed by atoms with Crippen LogP contribution in [0.2, 0.25) is 0 Å². The highest BCUT2D eigenvalue weighted by molar-refractivity contribution is 5.33. The van der Waals surface area contributed by atoms with E-state index in [0.29, 0.717) is 12.5 Å². The molecule has 0 bridgehead atoms. The molecule has 0 saturated carbocycles. The van der Waals surface area contributed by atoms with Gasteiger partial charge in [-0.2, -0.15) is 0 Å². The molecule has 1 fully saturated rings. The van der Waals surface area contributed by atoms with Crippen LogP contribution in [-0.2, 0) is 6.54 Å². The van der Waals surface area contributed by atoms with Gasteiger partial charge in [0.05, 0.1) is 7.11 Å². The Bertz CT molecular complexity index is 354. The van der Waals surface area contributed by atoms with Crippen LogP contribution in [0.3, 0.4) is 0 Å². The van der Waals surface area contributed by atoms with Gasteiger partial charge in [-0.3, -0.25) is 4.90 Å². The summed E-state index contributed by atoms with van der Waals surface area (Å²) in [5, 5.41) is 9.22. The van der Waals surface area contributed by atoms with E-state index in [0.717, 1.165) is 31.8 Å². The van der Waals surface area contributed by atoms with E-state index in [4.69, 9.17) is 4.74 Å². The molecular formula is C14H21NO2. The maximum absolute atomic E-state index is 9.22. The van der Waals surface area contributed by atoms with Gasteiger partial charge in [-0.1, -0.05) is 18.2 Å². The summed E-state index contributed by atoms with van der Waals surface area (Å²) in [6.07, 6.45) is 2.33. The lowest BCUT2D eigenvalue weighted by atomic mass is 9.98. The Labute approximate surface area is 103 Å². The topological polar surface area (TPSA) is 32.7 Å². The van der Waals surface area contributed by atoms with Crippen molar-refractivity contribution in [2.75, 3.05) is 26.8 Å². The Kier molecular flexibility index (Phi) is 4.40. The number of likely N-dealkylation sites (tertiary alicyclic amines) is 1. The van der Waals surface area contributed by atoms with E-state index < -0.39 is 0 Å². The summed E-state index contributed by atoms with van der Waals surface area (Å²) in [6.45, 7) is 3.34. The molecular weight excluding hydrogens is 214 g/mol. The second-order valence-corrected chi connectivity index (χ2v) is 4.74. The third-order valence-corrected chi connectivity index (χ3v) is 3.45. The van der Waals surface area contributed by atoms with Crippen molar-refractivity contribution in [3.63, 3.8) is 0 Å². The Balaban J connectivity index is 2.00. The van der Waals surface area contributed by atoms with Crippen molar-refractivity contribution in [3.05, 3.63) is 29.8 Å². The third kappa shape index (κ3) is 3.20. The number of rotatable bonds is 4. The van der Waals surface area contributed by atoms with Crippen LogP contribution < -0.4 is 4.74 Å². The number of aliphatic hydroxyl groups excluding tert-OH is 1. The molecule has 1 aromatic carbocycles. The Morgan fingerprint density at radius 3 is 3.00 bits per heavy atom. The van der Waals surface area contributed by atoms with Gasteiger partial charge >= 0.3 is 0 Å². The van der Waals surface area contributed by atoms with Gasteiger partial charge in [-0.25, -0.2) is 0 Å². The number of methoxy groups -OCH3 is 1. The molecule has 1 aromatic rings. The number of hydrogen-bond donors (Lipinski definition) is 1. The van der Waals surface area contributed by atoms with Gasteiger partial charge < -0.3 is 9.84 Å². The fourth-order valence-corrected chi connectivity index (χ4v) is 2.52. The van der Waals surface area contributed by atoms with Crippen molar-refractivity contribution in [3.8, 4) is 5.75 Å². The molecule has 0 radical (unpaired) electrons. The molecule has 1 N–H and O–H groups in total. The summed E-state index contributed by atoms with van der Waals surface area (Å²) < 4.78 is 5.36. The number of ether oxygens (including phenoxy) is 1. The van der Waals surface area contributed by atoms with E-state index in [2.05, 4.69) is 11.0 Å². The Hall–Kier alpha value is -1.06. The van der Waals surface area contributed by atoms with Gasteiger partial charge in [-0.05, 0) is 31.4 Å². The number of nitrogens with zero attached hydrogens (tertiary/aromatic N) is 1. The van der Waals surface area contributed by atoms with E-state index in [9.17, 15) is 5.11 Å². The monoisotopic (exact) mass is 235 g/mol. The van der Waals surface area contributed by atoms with E-state index in [-0.39, 0.29) is 0 Å². The highest BCUT2D eigenvalue weighted by Gasteiger charge is 2.19. The lowest BCUT2D eigenvalue weighted by molar-refractivity contribution is 0.115. The van der Waals surface area contributed by atoms with E-state index in [1.165, 1.54) is 12.0 Å². The van der Waals surface area contributed by atoms with Crippen molar-refractivity contribution in [2.45, 2.75) is 19.4 Å². The normalized spacial score (nSPS) is 21.4. The second-order valence-electron chi connectivity index (χ2n) is 4.74. The molecule has 0 amide bonds. The molecule has 17 heavy (non-hydrogen) atoms. The lowest BCUT2D eigenvalue weighted by Gasteiger charge is -2.32. The molecule has 1 unspecified atom stereocenters. The molecule has 1 heterocycles. The predicted octanol–water partition coefficient (Wildman–Crippen LogP) is 1.90. The first-order valence-corrected chi connectivity index (χ1v) is 6.28. The fraction of sp³-hybridized carbons (Fsp3) is 0.571. The van der Waals surface area contributed by atoms with Crippen molar-refractivity contribution in [2.24, 2.45) is 5.92 Å². The summed E-state index contributed by atoms with van der Waals surface area (Å²) in [4.78, 5) is 2.40. The molecule has 0 spiro atoms. The number of aliphatic hydroxyl groups is 1. The zero-order valence-corrected chi connectivity index (χ0v) is 10.4. The van der Waals surface area contributed by atoms with Gasteiger partial charge in [-0.15, -0.1) is 0 Å². The van der Waals surface area contributed by atoms with Crippen LogP contribution in [0, 0.1) is 5.92 Å². The lowest BCUT2D eigenvalue weighted by Crippen LogP contribution is -2.36. The zero-order chi connectivity index (χ0) is 12.1. The average molecular weight is 235 g/mol. The summed E-state index contributed by atoms with van der Waals surface area (Å²) >= 11 is 0. The van der Waals surface area contributed by atoms with Gasteiger partial charge in [0, 0.05) is 25.3 Å². The first-order chi connectivity index (χ1) is 8.33. The average Bonchev–Trinajstić information content (AvgIpc) is 2.39. The maximum Gasteiger partial charge on any atom is 0.123 e. The van der Waals surface area contributed by atoms with Crippen LogP contribution in [0.25, 0.3) is 0 Å². The summed E-state index contributed by atoms with van der Waals surface area (Å²) in [6, 6.07) is 8.16. The van der Waals surface area contributed by atoms with Gasteiger partial charge in [0.1, 0.15) is 5.75 Å². The zero-order valence-electron chi connectivity index (χ0n) is 10.4. The van der Waals surface area contributed by atoms with Gasteiger partial charge in [0.2, 0.25) is 0 Å². The maximum atomic E-state index is 9.22. The second kappa shape index (κ2) is 6.03. The quantitative estimate of drug-likeness (QED) is 0.865. The number of piperidine rings is 1. The highest BCUT2D eigenvalue weighted by Crippen LogP contribution is 2.22. The van der Waals surface area contributed by atoms with Crippen molar-refractivity contribution < 1.29 is 9.84 Å². The molecule has 1 atom stereocenters. The first kappa shape index (κ1) is 12.4. The largest absolute Gasteiger partial charge is 0.496 e. The minimum absolute atomic E-state index is 0.308. The van der Waals surface area contributed by atoms with Crippen LogP contribution in [0.15, 0.2) is 24.3 Å². The van der Waals surface area contributed by atoms with Crippen LogP contribution in [-0.4, -0.2) is 36.8 Å². The third-order valence-electron chi connectivity index (χ3n) is 3.45. The van der Waals surface area contributed by atoms with Crippen LogP contribution in [0.1, 0.15) is 18.4 Å². The molecule has 0 aliphatic carbocycles. The molecule has 3 heteroatoms. The summed E-state index contributed by atoms with van der Waals surface area (Å²) in [7, 11) is 1.71. The predicted molar refractivity (Wildman–Crippen MR) is 68.1 cm³/mol. The molecule has 1 aliphatic heterocycles. The van der Waals surface area contributed by atoms with Crippen LogP contribution in [0.5, 0.6) is 5.75 Å². The minimum Gasteiger partial charge on any atom is -0.496 e. The van der Waals surface area contributed by atoms with E-state index >= 15 is 0 Å². The first-order valence-electron chi connectivity index (χ1n) is 6.28. The highest BCUT2D eigenvalue weighted by atomic mass is 16.5. The number of benzene rings is 1. The van der Waals surface area contributed by atoms with Crippen molar-refractivity contribution >= 4 is 0 Å². The molecule has 0 aromatic heterocycles. The van der Waals surface area contributed by atoms with E-state index in [1.807, 2.05) is 18.2 Å². The van der Waals surface area contributed by atoms with Gasteiger partial charge in [0.25, 0.3) is 0 Å². The van der Waals surface area contributed by atoms with Crippen LogP contribution in [0.4, 0.5) is 0 Å². The molecule has 1 saturated heterocycles. The van der Waals surface area contributed by atoms with Crippen molar-refractivity contribution in [1.29, 1.82) is 0 Å². The number of para-hydroxylation sites is 1. The minimum atomic E-state index is 0.308. The SMILES string of the molecule is COc1ccccc1CN1CCCC(CO)C1. The Morgan fingerprint density at radius 1 is 1.41 bits per heavy atom. The Morgan fingerprint density at radius 2 is 2.24 bits per heavy atom. The molecule has 1 aliphatic rings.